The standard InChI is InChI=1S/C16H30N2O5/c1-3-4-5-6-7-10-16(2,23)11-14(20)18-12(15(21)22)8-9-13(17)19/h12,23H,3-11H2,1-2H3,(H2,17,19)(H,18,20)(H,21,22). The molecule has 0 aromatic carbocycles. The number of aliphatic hydroxyl groups is 1. The Labute approximate surface area is 137 Å². The van der Waals surface area contributed by atoms with Gasteiger partial charge in [-0.15, -0.1) is 0 Å². The number of carbonyl (C=O) groups is 3. The van der Waals surface area contributed by atoms with Crippen molar-refractivity contribution >= 4 is 17.8 Å². The molecule has 0 aliphatic heterocycles. The highest BCUT2D eigenvalue weighted by Gasteiger charge is 2.27. The van der Waals surface area contributed by atoms with E-state index in [2.05, 4.69) is 12.2 Å². The Balaban J connectivity index is 4.25. The normalized spacial score (nSPS) is 14.7. The molecular weight excluding hydrogens is 300 g/mol. The molecular formula is C16H30N2O5. The third-order valence-electron chi connectivity index (χ3n) is 3.67. The van der Waals surface area contributed by atoms with Crippen molar-refractivity contribution in [1.29, 1.82) is 0 Å². The monoisotopic (exact) mass is 330 g/mol. The quantitative estimate of drug-likeness (QED) is 0.378. The minimum absolute atomic E-state index is 0.0600. The van der Waals surface area contributed by atoms with Gasteiger partial charge in [-0.05, 0) is 19.8 Å². The van der Waals surface area contributed by atoms with E-state index in [-0.39, 0.29) is 19.3 Å². The predicted molar refractivity (Wildman–Crippen MR) is 86.6 cm³/mol. The average molecular weight is 330 g/mol. The lowest BCUT2D eigenvalue weighted by molar-refractivity contribution is -0.143. The fraction of sp³-hybridized carbons (Fsp3) is 0.812. The number of hydrogen-bond acceptors (Lipinski definition) is 4. The molecule has 0 fully saturated rings. The number of aliphatic carboxylic acids is 1. The molecule has 0 spiro atoms. The zero-order valence-electron chi connectivity index (χ0n) is 14.1. The van der Waals surface area contributed by atoms with Crippen LogP contribution in [0.5, 0.6) is 0 Å². The molecule has 23 heavy (non-hydrogen) atoms. The molecule has 2 atom stereocenters. The molecule has 0 radical (unpaired) electrons. The number of nitrogens with two attached hydrogens (primary N) is 1. The number of unbranched alkanes of at least 4 members (excludes halogenated alkanes) is 4. The molecule has 7 nitrogen and oxygen atoms in total. The van der Waals surface area contributed by atoms with Gasteiger partial charge in [-0.25, -0.2) is 4.79 Å². The predicted octanol–water partition coefficient (Wildman–Crippen LogP) is 1.32. The van der Waals surface area contributed by atoms with Crippen LogP contribution in [0.15, 0.2) is 0 Å². The van der Waals surface area contributed by atoms with Crippen LogP contribution in [-0.4, -0.2) is 39.6 Å². The molecule has 2 unspecified atom stereocenters. The van der Waals surface area contributed by atoms with E-state index in [0.717, 1.165) is 32.1 Å². The second-order valence-electron chi connectivity index (χ2n) is 6.30. The number of amides is 2. The van der Waals surface area contributed by atoms with Crippen molar-refractivity contribution in [2.45, 2.75) is 83.3 Å². The van der Waals surface area contributed by atoms with E-state index in [9.17, 15) is 19.5 Å². The van der Waals surface area contributed by atoms with Crippen LogP contribution >= 0.6 is 0 Å². The molecule has 0 aromatic heterocycles. The molecule has 134 valence electrons. The Bertz CT molecular complexity index is 396. The lowest BCUT2D eigenvalue weighted by atomic mass is 9.93. The summed E-state index contributed by atoms with van der Waals surface area (Å²) >= 11 is 0. The molecule has 0 bridgehead atoms. The number of hydrogen-bond donors (Lipinski definition) is 4. The van der Waals surface area contributed by atoms with Gasteiger partial charge >= 0.3 is 5.97 Å². The zero-order chi connectivity index (χ0) is 17.9. The van der Waals surface area contributed by atoms with Crippen LogP contribution < -0.4 is 11.1 Å². The number of nitrogens with one attached hydrogen (secondary N) is 1. The van der Waals surface area contributed by atoms with Crippen LogP contribution in [-0.2, 0) is 14.4 Å². The van der Waals surface area contributed by atoms with Crippen molar-refractivity contribution in [3.05, 3.63) is 0 Å². The first-order valence-electron chi connectivity index (χ1n) is 8.21. The van der Waals surface area contributed by atoms with E-state index in [1.165, 1.54) is 0 Å². The van der Waals surface area contributed by atoms with Crippen LogP contribution in [0, 0.1) is 0 Å². The molecule has 0 aromatic rings. The Morgan fingerprint density at radius 2 is 1.78 bits per heavy atom. The summed E-state index contributed by atoms with van der Waals surface area (Å²) in [6.07, 6.45) is 5.37. The van der Waals surface area contributed by atoms with Crippen LogP contribution in [0.25, 0.3) is 0 Å². The van der Waals surface area contributed by atoms with E-state index in [1.807, 2.05) is 0 Å². The van der Waals surface area contributed by atoms with E-state index in [4.69, 9.17) is 10.8 Å². The van der Waals surface area contributed by atoms with Gasteiger partial charge in [0.15, 0.2) is 0 Å². The SMILES string of the molecule is CCCCCCCC(C)(O)CC(=O)NC(CCC(N)=O)C(=O)O. The molecule has 0 aliphatic rings. The number of primary amides is 1. The summed E-state index contributed by atoms with van der Waals surface area (Å²) in [5.74, 6) is -2.39. The van der Waals surface area contributed by atoms with Gasteiger partial charge < -0.3 is 21.3 Å². The van der Waals surface area contributed by atoms with Crippen molar-refractivity contribution in [1.82, 2.24) is 5.32 Å². The maximum Gasteiger partial charge on any atom is 0.326 e. The van der Waals surface area contributed by atoms with E-state index >= 15 is 0 Å². The summed E-state index contributed by atoms with van der Waals surface area (Å²) in [4.78, 5) is 33.7. The lowest BCUT2D eigenvalue weighted by Crippen LogP contribution is -2.44. The van der Waals surface area contributed by atoms with Crippen molar-refractivity contribution in [2.24, 2.45) is 5.73 Å². The minimum atomic E-state index is -1.22. The largest absolute Gasteiger partial charge is 0.480 e. The van der Waals surface area contributed by atoms with Crippen LogP contribution in [0.2, 0.25) is 0 Å². The Hall–Kier alpha value is -1.63. The Kier molecular flexibility index (Phi) is 10.2. The fourth-order valence-electron chi connectivity index (χ4n) is 2.33. The number of carboxylic acids is 1. The van der Waals surface area contributed by atoms with Gasteiger partial charge in [0.05, 0.1) is 12.0 Å². The van der Waals surface area contributed by atoms with Gasteiger partial charge in [-0.1, -0.05) is 39.0 Å². The first kappa shape index (κ1) is 21.4. The molecule has 0 heterocycles. The third kappa shape index (κ3) is 11.6. The maximum absolute atomic E-state index is 11.9. The fourth-order valence-corrected chi connectivity index (χ4v) is 2.33. The topological polar surface area (TPSA) is 130 Å². The van der Waals surface area contributed by atoms with Crippen LogP contribution in [0.3, 0.4) is 0 Å². The zero-order valence-corrected chi connectivity index (χ0v) is 14.1. The lowest BCUT2D eigenvalue weighted by Gasteiger charge is -2.24. The van der Waals surface area contributed by atoms with Crippen molar-refractivity contribution < 1.29 is 24.6 Å². The summed E-state index contributed by atoms with van der Waals surface area (Å²) < 4.78 is 0. The van der Waals surface area contributed by atoms with Crippen molar-refractivity contribution in [3.8, 4) is 0 Å². The number of carboxylic acid groups (broad SMARTS) is 1. The average Bonchev–Trinajstić information content (AvgIpc) is 2.42. The van der Waals surface area contributed by atoms with E-state index in [1.54, 1.807) is 6.92 Å². The molecule has 0 saturated carbocycles. The first-order valence-corrected chi connectivity index (χ1v) is 8.21. The summed E-state index contributed by atoms with van der Waals surface area (Å²) in [6, 6.07) is -1.17. The molecule has 2 amide bonds. The van der Waals surface area contributed by atoms with Gasteiger partial charge in [0, 0.05) is 6.42 Å². The highest BCUT2D eigenvalue weighted by atomic mass is 16.4. The minimum Gasteiger partial charge on any atom is -0.480 e. The summed E-state index contributed by atoms with van der Waals surface area (Å²) in [5, 5.41) is 21.6. The maximum atomic E-state index is 11.9. The molecule has 5 N–H and O–H groups in total. The highest BCUT2D eigenvalue weighted by molar-refractivity contribution is 5.84. The Morgan fingerprint density at radius 1 is 1.17 bits per heavy atom. The smallest absolute Gasteiger partial charge is 0.326 e. The molecule has 0 aliphatic carbocycles. The van der Waals surface area contributed by atoms with Gasteiger partial charge in [-0.2, -0.15) is 0 Å². The second-order valence-corrected chi connectivity index (χ2v) is 6.30. The van der Waals surface area contributed by atoms with Gasteiger partial charge in [0.1, 0.15) is 6.04 Å². The van der Waals surface area contributed by atoms with Gasteiger partial charge in [0.25, 0.3) is 0 Å². The first-order chi connectivity index (χ1) is 10.7. The second kappa shape index (κ2) is 11.0. The molecule has 0 rings (SSSR count). The van der Waals surface area contributed by atoms with Crippen LogP contribution in [0.1, 0.15) is 71.6 Å². The molecule has 7 heteroatoms. The van der Waals surface area contributed by atoms with Crippen molar-refractivity contribution in [2.75, 3.05) is 0 Å². The van der Waals surface area contributed by atoms with E-state index < -0.39 is 29.4 Å². The van der Waals surface area contributed by atoms with Gasteiger partial charge in [-0.3, -0.25) is 9.59 Å². The Morgan fingerprint density at radius 3 is 2.30 bits per heavy atom. The summed E-state index contributed by atoms with van der Waals surface area (Å²) in [6.45, 7) is 3.70. The van der Waals surface area contributed by atoms with Crippen LogP contribution in [0.4, 0.5) is 0 Å². The van der Waals surface area contributed by atoms with Gasteiger partial charge in [0.2, 0.25) is 11.8 Å². The highest BCUT2D eigenvalue weighted by Crippen LogP contribution is 2.19. The third-order valence-corrected chi connectivity index (χ3v) is 3.67. The summed E-state index contributed by atoms with van der Waals surface area (Å²) in [7, 11) is 0. The number of carbonyl (C=O) groups excluding carboxylic acids is 2. The van der Waals surface area contributed by atoms with Crippen molar-refractivity contribution in [3.63, 3.8) is 0 Å². The van der Waals surface area contributed by atoms with E-state index in [0.29, 0.717) is 6.42 Å². The number of rotatable bonds is 13. The summed E-state index contributed by atoms with van der Waals surface area (Å²) in [5.41, 5.74) is 3.81. The molecule has 0 saturated heterocycles.